The zero-order chi connectivity index (χ0) is 13.3. The van der Waals surface area contributed by atoms with Gasteiger partial charge in [0.15, 0.2) is 0 Å². The topological polar surface area (TPSA) is 93.4 Å². The van der Waals surface area contributed by atoms with Gasteiger partial charge in [-0.1, -0.05) is 12.0 Å². The van der Waals surface area contributed by atoms with Gasteiger partial charge in [-0.15, -0.1) is 8.98 Å². The van der Waals surface area contributed by atoms with Gasteiger partial charge in [0.25, 0.3) is 0 Å². The van der Waals surface area contributed by atoms with Crippen molar-refractivity contribution < 1.29 is 21.5 Å². The van der Waals surface area contributed by atoms with Crippen LogP contribution >= 0.6 is 0 Å². The van der Waals surface area contributed by atoms with Gasteiger partial charge in [0.2, 0.25) is 11.8 Å². The molecule has 1 aliphatic heterocycles. The maximum Gasteiger partial charge on any atom is 0.325 e. The van der Waals surface area contributed by atoms with E-state index >= 15 is 0 Å². The van der Waals surface area contributed by atoms with Crippen molar-refractivity contribution in [2.75, 3.05) is 11.4 Å². The van der Waals surface area contributed by atoms with Crippen LogP contribution in [0, 0.1) is 0 Å². The van der Waals surface area contributed by atoms with E-state index in [-0.39, 0.29) is 12.6 Å². The van der Waals surface area contributed by atoms with Crippen LogP contribution < -0.4 is 4.90 Å². The Kier molecular flexibility index (Phi) is 3.33. The van der Waals surface area contributed by atoms with Crippen LogP contribution in [0.5, 0.6) is 0 Å². The molecule has 1 aliphatic rings. The van der Waals surface area contributed by atoms with Gasteiger partial charge in [-0.05, 0) is 6.42 Å². The predicted octanol–water partition coefficient (Wildman–Crippen LogP) is 0.427. The third-order valence-electron chi connectivity index (χ3n) is 2.64. The van der Waals surface area contributed by atoms with Crippen molar-refractivity contribution in [2.45, 2.75) is 31.4 Å². The average molecular weight is 277 g/mol. The first kappa shape index (κ1) is 12.9. The Morgan fingerprint density at radius 3 is 2.78 bits per heavy atom. The summed E-state index contributed by atoms with van der Waals surface area (Å²) in [6, 6.07) is -0.0744. The van der Waals surface area contributed by atoms with Gasteiger partial charge in [-0.3, -0.25) is 9.69 Å². The molecular formula is C9H12FN3O4S. The molecule has 1 saturated heterocycles. The van der Waals surface area contributed by atoms with Crippen molar-refractivity contribution in [3.05, 3.63) is 5.89 Å². The van der Waals surface area contributed by atoms with Crippen LogP contribution in [-0.2, 0) is 21.4 Å². The minimum atomic E-state index is -4.73. The predicted molar refractivity (Wildman–Crippen MR) is 59.1 cm³/mol. The maximum absolute atomic E-state index is 12.8. The molecule has 1 amide bonds. The molecule has 1 fully saturated rings. The molecule has 100 valence electrons. The Balaban J connectivity index is 2.16. The van der Waals surface area contributed by atoms with Gasteiger partial charge in [0.05, 0.1) is 6.54 Å². The number of aromatic nitrogens is 2. The van der Waals surface area contributed by atoms with Gasteiger partial charge >= 0.3 is 16.2 Å². The van der Waals surface area contributed by atoms with E-state index in [0.717, 1.165) is 11.3 Å². The highest BCUT2D eigenvalue weighted by Crippen LogP contribution is 2.24. The van der Waals surface area contributed by atoms with Crippen molar-refractivity contribution in [2.24, 2.45) is 0 Å². The third kappa shape index (κ3) is 2.50. The Labute approximate surface area is 103 Å². The molecule has 0 radical (unpaired) electrons. The first-order chi connectivity index (χ1) is 8.41. The monoisotopic (exact) mass is 277 g/mol. The fourth-order valence-electron chi connectivity index (χ4n) is 1.72. The van der Waals surface area contributed by atoms with Crippen molar-refractivity contribution in [3.63, 3.8) is 0 Å². The Morgan fingerprint density at radius 2 is 2.22 bits per heavy atom. The smallest absolute Gasteiger partial charge is 0.325 e. The number of rotatable bonds is 4. The van der Waals surface area contributed by atoms with Crippen molar-refractivity contribution in [3.8, 4) is 0 Å². The Hall–Kier alpha value is -1.51. The first-order valence-electron chi connectivity index (χ1n) is 5.48. The minimum Gasteiger partial charge on any atom is -0.408 e. The molecule has 0 aromatic carbocycles. The first-order valence-corrected chi connectivity index (χ1v) is 6.92. The van der Waals surface area contributed by atoms with Gasteiger partial charge in [-0.25, -0.2) is 0 Å². The SMILES string of the molecule is CCCc1nnc(N2CC(S(=O)(=O)F)CC2=O)o1. The summed E-state index contributed by atoms with van der Waals surface area (Å²) in [7, 11) is -4.73. The highest BCUT2D eigenvalue weighted by Gasteiger charge is 2.41. The summed E-state index contributed by atoms with van der Waals surface area (Å²) in [4.78, 5) is 12.6. The number of nitrogens with zero attached hydrogens (tertiary/aromatic N) is 3. The molecule has 9 heteroatoms. The lowest BCUT2D eigenvalue weighted by atomic mass is 10.3. The fourth-order valence-corrected chi connectivity index (χ4v) is 2.39. The van der Waals surface area contributed by atoms with Crippen molar-refractivity contribution in [1.82, 2.24) is 10.2 Å². The van der Waals surface area contributed by atoms with Gasteiger partial charge in [-0.2, -0.15) is 8.42 Å². The normalized spacial score (nSPS) is 20.7. The number of halogens is 1. The van der Waals surface area contributed by atoms with Crippen LogP contribution in [0.25, 0.3) is 0 Å². The highest BCUT2D eigenvalue weighted by molar-refractivity contribution is 7.87. The molecule has 0 spiro atoms. The van der Waals surface area contributed by atoms with Gasteiger partial charge in [0.1, 0.15) is 5.25 Å². The number of carbonyl (C=O) groups excluding carboxylic acids is 1. The number of anilines is 1. The van der Waals surface area contributed by atoms with Crippen LogP contribution in [0.2, 0.25) is 0 Å². The molecule has 2 heterocycles. The minimum absolute atomic E-state index is 0.0744. The van der Waals surface area contributed by atoms with Gasteiger partial charge < -0.3 is 4.42 Å². The lowest BCUT2D eigenvalue weighted by Crippen LogP contribution is -2.27. The number of carbonyl (C=O) groups is 1. The van der Waals surface area contributed by atoms with E-state index in [1.165, 1.54) is 0 Å². The molecule has 0 aliphatic carbocycles. The van der Waals surface area contributed by atoms with E-state index in [0.29, 0.717) is 12.3 Å². The molecule has 0 bridgehead atoms. The van der Waals surface area contributed by atoms with Crippen molar-refractivity contribution >= 4 is 22.1 Å². The molecule has 1 aromatic rings. The number of aryl methyl sites for hydroxylation is 1. The third-order valence-corrected chi connectivity index (χ3v) is 3.75. The van der Waals surface area contributed by atoms with E-state index in [2.05, 4.69) is 10.2 Å². The van der Waals surface area contributed by atoms with Crippen molar-refractivity contribution in [1.29, 1.82) is 0 Å². The van der Waals surface area contributed by atoms with E-state index in [1.54, 1.807) is 0 Å². The molecule has 0 N–H and O–H groups in total. The lowest BCUT2D eigenvalue weighted by molar-refractivity contribution is -0.117. The quantitative estimate of drug-likeness (QED) is 0.741. The van der Waals surface area contributed by atoms with Crippen LogP contribution in [0.4, 0.5) is 9.90 Å². The van der Waals surface area contributed by atoms with Gasteiger partial charge in [0, 0.05) is 12.8 Å². The molecule has 7 nitrogen and oxygen atoms in total. The Morgan fingerprint density at radius 1 is 1.50 bits per heavy atom. The molecule has 1 atom stereocenters. The zero-order valence-corrected chi connectivity index (χ0v) is 10.5. The second kappa shape index (κ2) is 4.63. The van der Waals surface area contributed by atoms with Crippen LogP contribution in [-0.4, -0.2) is 36.3 Å². The Bertz CT molecular complexity index is 556. The largest absolute Gasteiger partial charge is 0.408 e. The molecular weight excluding hydrogens is 265 g/mol. The zero-order valence-electron chi connectivity index (χ0n) is 9.67. The summed E-state index contributed by atoms with van der Waals surface area (Å²) in [5.41, 5.74) is 0. The number of hydrogen-bond acceptors (Lipinski definition) is 6. The van der Waals surface area contributed by atoms with E-state index in [4.69, 9.17) is 4.42 Å². The summed E-state index contributed by atoms with van der Waals surface area (Å²) in [5.74, 6) is -0.167. The van der Waals surface area contributed by atoms with Crippen LogP contribution in [0.15, 0.2) is 4.42 Å². The molecule has 2 rings (SSSR count). The number of hydrogen-bond donors (Lipinski definition) is 0. The standard InChI is InChI=1S/C9H12FN3O4S/c1-2-3-7-11-12-9(17-7)13-5-6(4-8(13)14)18(10,15)16/h6H,2-5H2,1H3. The summed E-state index contributed by atoms with van der Waals surface area (Å²) < 4.78 is 39.5. The lowest BCUT2D eigenvalue weighted by Gasteiger charge is -2.09. The maximum atomic E-state index is 12.8. The second-order valence-corrected chi connectivity index (χ2v) is 5.65. The summed E-state index contributed by atoms with van der Waals surface area (Å²) in [5, 5.41) is 6.02. The molecule has 18 heavy (non-hydrogen) atoms. The average Bonchev–Trinajstić information content (AvgIpc) is 2.84. The fraction of sp³-hybridized carbons (Fsp3) is 0.667. The number of amides is 1. The van der Waals surface area contributed by atoms with E-state index in [9.17, 15) is 17.1 Å². The summed E-state index contributed by atoms with van der Waals surface area (Å²) in [6.45, 7) is 1.64. The molecule has 1 unspecified atom stereocenters. The summed E-state index contributed by atoms with van der Waals surface area (Å²) in [6.07, 6.45) is 0.973. The van der Waals surface area contributed by atoms with Crippen LogP contribution in [0.3, 0.4) is 0 Å². The molecule has 0 saturated carbocycles. The van der Waals surface area contributed by atoms with E-state index in [1.807, 2.05) is 6.92 Å². The van der Waals surface area contributed by atoms with E-state index < -0.39 is 27.8 Å². The second-order valence-electron chi connectivity index (χ2n) is 4.03. The van der Waals surface area contributed by atoms with Crippen LogP contribution in [0.1, 0.15) is 25.7 Å². The molecule has 1 aromatic heterocycles. The summed E-state index contributed by atoms with van der Waals surface area (Å²) >= 11 is 0. The highest BCUT2D eigenvalue weighted by atomic mass is 32.3.